The molecule has 20 heavy (non-hydrogen) atoms. The molecule has 3 aromatic rings. The zero-order valence-electron chi connectivity index (χ0n) is 10.7. The van der Waals surface area contributed by atoms with Crippen LogP contribution in [0.2, 0.25) is 0 Å². The van der Waals surface area contributed by atoms with E-state index in [9.17, 15) is 0 Å². The molecule has 0 aliphatic heterocycles. The number of hydrogen-bond acceptors (Lipinski definition) is 5. The van der Waals surface area contributed by atoms with E-state index in [4.69, 9.17) is 10.2 Å². The summed E-state index contributed by atoms with van der Waals surface area (Å²) in [6.45, 7) is 0. The fourth-order valence-corrected chi connectivity index (χ4v) is 2.45. The van der Waals surface area contributed by atoms with Gasteiger partial charge >= 0.3 is 0 Å². The minimum Gasteiger partial charge on any atom is -0.420 e. The number of rotatable bonds is 4. The average molecular weight is 283 g/mol. The quantitative estimate of drug-likeness (QED) is 0.585. The van der Waals surface area contributed by atoms with Crippen molar-refractivity contribution in [3.8, 4) is 11.5 Å². The summed E-state index contributed by atoms with van der Waals surface area (Å²) >= 11 is 1.64. The summed E-state index contributed by atoms with van der Waals surface area (Å²) in [7, 11) is 0. The minimum atomic E-state index is 0.554. The molecule has 4 nitrogen and oxygen atoms in total. The molecule has 0 radical (unpaired) electrons. The molecule has 100 valence electrons. The second kappa shape index (κ2) is 5.79. The molecule has 0 bridgehead atoms. The van der Waals surface area contributed by atoms with Crippen LogP contribution >= 0.6 is 11.8 Å². The van der Waals surface area contributed by atoms with E-state index in [-0.39, 0.29) is 0 Å². The van der Waals surface area contributed by atoms with E-state index >= 15 is 0 Å². The Hall–Kier alpha value is -2.27. The van der Waals surface area contributed by atoms with Crippen LogP contribution < -0.4 is 5.73 Å². The van der Waals surface area contributed by atoms with Crippen LogP contribution in [0.4, 0.5) is 5.69 Å². The molecule has 1 heterocycles. The van der Waals surface area contributed by atoms with Gasteiger partial charge in [0.15, 0.2) is 0 Å². The number of nitrogen functional groups attached to an aromatic ring is 1. The fourth-order valence-electron chi connectivity index (χ4n) is 1.72. The zero-order valence-corrected chi connectivity index (χ0v) is 11.5. The van der Waals surface area contributed by atoms with E-state index in [0.717, 1.165) is 16.1 Å². The molecule has 0 aliphatic carbocycles. The molecule has 0 aliphatic rings. The molecule has 0 atom stereocenters. The van der Waals surface area contributed by atoms with Crippen LogP contribution in [0.5, 0.6) is 0 Å². The largest absolute Gasteiger partial charge is 0.420 e. The maximum absolute atomic E-state index is 5.65. The summed E-state index contributed by atoms with van der Waals surface area (Å²) in [6, 6.07) is 17.5. The van der Waals surface area contributed by atoms with Crippen molar-refractivity contribution in [3.05, 3.63) is 60.5 Å². The van der Waals surface area contributed by atoms with Crippen molar-refractivity contribution in [2.45, 2.75) is 10.6 Å². The maximum Gasteiger partial charge on any atom is 0.247 e. The lowest BCUT2D eigenvalue weighted by Crippen LogP contribution is -1.84. The number of anilines is 1. The fraction of sp³-hybridized carbons (Fsp3) is 0.0667. The van der Waals surface area contributed by atoms with E-state index in [2.05, 4.69) is 10.2 Å². The molecule has 1 aromatic heterocycles. The second-order valence-corrected chi connectivity index (χ2v) is 5.27. The van der Waals surface area contributed by atoms with Crippen molar-refractivity contribution in [1.29, 1.82) is 0 Å². The van der Waals surface area contributed by atoms with Crippen LogP contribution in [0.15, 0.2) is 63.9 Å². The molecule has 5 heteroatoms. The Balaban J connectivity index is 1.67. The highest BCUT2D eigenvalue weighted by Crippen LogP contribution is 2.24. The van der Waals surface area contributed by atoms with Crippen LogP contribution in [0.25, 0.3) is 11.5 Å². The lowest BCUT2D eigenvalue weighted by Gasteiger charge is -1.98. The Bertz CT molecular complexity index is 680. The molecule has 2 aromatic carbocycles. The van der Waals surface area contributed by atoms with Gasteiger partial charge in [0.2, 0.25) is 11.8 Å². The van der Waals surface area contributed by atoms with Crippen LogP contribution in [0.1, 0.15) is 5.89 Å². The summed E-state index contributed by atoms with van der Waals surface area (Å²) in [5.41, 5.74) is 7.35. The number of nitrogens with two attached hydrogens (primary N) is 1. The van der Waals surface area contributed by atoms with Gasteiger partial charge in [0.25, 0.3) is 0 Å². The lowest BCUT2D eigenvalue weighted by molar-refractivity contribution is 0.528. The zero-order chi connectivity index (χ0) is 13.8. The molecule has 0 saturated carbocycles. The summed E-state index contributed by atoms with van der Waals surface area (Å²) in [5, 5.41) is 8.13. The summed E-state index contributed by atoms with van der Waals surface area (Å²) < 4.78 is 5.65. The molecule has 0 unspecified atom stereocenters. The third kappa shape index (κ3) is 3.00. The third-order valence-corrected chi connectivity index (χ3v) is 3.73. The van der Waals surface area contributed by atoms with E-state index < -0.39 is 0 Å². The highest BCUT2D eigenvalue weighted by atomic mass is 32.2. The van der Waals surface area contributed by atoms with Gasteiger partial charge in [-0.05, 0) is 36.4 Å². The van der Waals surface area contributed by atoms with Crippen molar-refractivity contribution in [1.82, 2.24) is 10.2 Å². The summed E-state index contributed by atoms with van der Waals surface area (Å²) in [4.78, 5) is 1.12. The molecule has 0 amide bonds. The first-order valence-electron chi connectivity index (χ1n) is 6.17. The van der Waals surface area contributed by atoms with Crippen molar-refractivity contribution in [3.63, 3.8) is 0 Å². The number of thioether (sulfide) groups is 1. The van der Waals surface area contributed by atoms with Crippen molar-refractivity contribution in [2.75, 3.05) is 5.73 Å². The second-order valence-electron chi connectivity index (χ2n) is 4.22. The maximum atomic E-state index is 5.65. The molecule has 0 fully saturated rings. The number of benzene rings is 2. The van der Waals surface area contributed by atoms with Crippen LogP contribution in [0, 0.1) is 0 Å². The van der Waals surface area contributed by atoms with E-state index in [1.807, 2.05) is 54.6 Å². The van der Waals surface area contributed by atoms with Gasteiger partial charge in [-0.1, -0.05) is 18.2 Å². The summed E-state index contributed by atoms with van der Waals surface area (Å²) in [6.07, 6.45) is 0. The standard InChI is InChI=1S/C15H13N3OS/c16-12-6-8-13(9-7-12)20-10-14-17-18-15(19-14)11-4-2-1-3-5-11/h1-9H,10,16H2. The van der Waals surface area contributed by atoms with Gasteiger partial charge in [0.1, 0.15) is 0 Å². The summed E-state index contributed by atoms with van der Waals surface area (Å²) in [5.74, 6) is 1.81. The third-order valence-electron chi connectivity index (χ3n) is 2.73. The number of hydrogen-bond donors (Lipinski definition) is 1. The van der Waals surface area contributed by atoms with E-state index in [1.165, 1.54) is 0 Å². The SMILES string of the molecule is Nc1ccc(SCc2nnc(-c3ccccc3)o2)cc1. The highest BCUT2D eigenvalue weighted by Gasteiger charge is 2.08. The van der Waals surface area contributed by atoms with Gasteiger partial charge < -0.3 is 10.2 Å². The average Bonchev–Trinajstić information content (AvgIpc) is 2.97. The first-order chi connectivity index (χ1) is 9.81. The Labute approximate surface area is 121 Å². The van der Waals surface area contributed by atoms with E-state index in [0.29, 0.717) is 17.5 Å². The normalized spacial score (nSPS) is 10.6. The Morgan fingerprint density at radius 3 is 2.45 bits per heavy atom. The van der Waals surface area contributed by atoms with Crippen LogP contribution in [-0.4, -0.2) is 10.2 Å². The monoisotopic (exact) mass is 283 g/mol. The van der Waals surface area contributed by atoms with Crippen molar-refractivity contribution < 1.29 is 4.42 Å². The van der Waals surface area contributed by atoms with Crippen molar-refractivity contribution in [2.24, 2.45) is 0 Å². The first-order valence-corrected chi connectivity index (χ1v) is 7.16. The van der Waals surface area contributed by atoms with Gasteiger partial charge in [0.05, 0.1) is 5.75 Å². The van der Waals surface area contributed by atoms with Crippen molar-refractivity contribution >= 4 is 17.4 Å². The minimum absolute atomic E-state index is 0.554. The molecular formula is C15H13N3OS. The predicted octanol–water partition coefficient (Wildman–Crippen LogP) is 3.61. The lowest BCUT2D eigenvalue weighted by atomic mass is 10.2. The number of nitrogens with zero attached hydrogens (tertiary/aromatic N) is 2. The molecule has 0 spiro atoms. The first kappa shape index (κ1) is 12.7. The van der Waals surface area contributed by atoms with Gasteiger partial charge in [0, 0.05) is 16.1 Å². The molecular weight excluding hydrogens is 270 g/mol. The van der Waals surface area contributed by atoms with Crippen LogP contribution in [-0.2, 0) is 5.75 Å². The highest BCUT2D eigenvalue weighted by molar-refractivity contribution is 7.98. The van der Waals surface area contributed by atoms with Gasteiger partial charge in [-0.25, -0.2) is 0 Å². The smallest absolute Gasteiger partial charge is 0.247 e. The molecule has 2 N–H and O–H groups in total. The van der Waals surface area contributed by atoms with Gasteiger partial charge in [-0.2, -0.15) is 0 Å². The Morgan fingerprint density at radius 1 is 0.950 bits per heavy atom. The topological polar surface area (TPSA) is 64.9 Å². The van der Waals surface area contributed by atoms with E-state index in [1.54, 1.807) is 11.8 Å². The molecule has 0 saturated heterocycles. The molecule has 3 rings (SSSR count). The number of aromatic nitrogens is 2. The van der Waals surface area contributed by atoms with Gasteiger partial charge in [-0.15, -0.1) is 22.0 Å². The van der Waals surface area contributed by atoms with Crippen LogP contribution in [0.3, 0.4) is 0 Å². The Morgan fingerprint density at radius 2 is 1.70 bits per heavy atom. The predicted molar refractivity (Wildman–Crippen MR) is 80.1 cm³/mol. The Kier molecular flexibility index (Phi) is 3.69. The van der Waals surface area contributed by atoms with Gasteiger partial charge in [-0.3, -0.25) is 0 Å².